The number of rotatable bonds is 3. The zero-order chi connectivity index (χ0) is 15.3. The van der Waals surface area contributed by atoms with Crippen LogP contribution >= 0.6 is 0 Å². The van der Waals surface area contributed by atoms with Crippen LogP contribution in [0.3, 0.4) is 0 Å². The van der Waals surface area contributed by atoms with Gasteiger partial charge in [-0.25, -0.2) is 9.18 Å². The van der Waals surface area contributed by atoms with Crippen LogP contribution in [0, 0.1) is 5.82 Å². The molecule has 1 saturated carbocycles. The smallest absolute Gasteiger partial charge is 0.322 e. The Balaban J connectivity index is 2.11. The van der Waals surface area contributed by atoms with E-state index in [1.807, 2.05) is 0 Å². The molecule has 4 nitrogen and oxygen atoms in total. The lowest BCUT2D eigenvalue weighted by molar-refractivity contribution is 0.134. The van der Waals surface area contributed by atoms with E-state index in [1.54, 1.807) is 30.1 Å². The molecule has 1 aliphatic rings. The number of amides is 2. The molecule has 1 aromatic carbocycles. The number of para-hydroxylation sites is 1. The number of likely N-dealkylation sites (N-methyl/N-ethyl adjacent to an activating group) is 1. The normalized spacial score (nSPS) is 17.9. The molecular weight excluding hydrogens is 269 g/mol. The summed E-state index contributed by atoms with van der Waals surface area (Å²) in [5, 5.41) is 2.64. The van der Waals surface area contributed by atoms with Crippen molar-refractivity contribution < 1.29 is 9.18 Å². The number of urea groups is 1. The van der Waals surface area contributed by atoms with Crippen LogP contribution in [0.5, 0.6) is 0 Å². The predicted molar refractivity (Wildman–Crippen MR) is 82.7 cm³/mol. The Morgan fingerprint density at radius 2 is 1.90 bits per heavy atom. The number of carbonyl (C=O) groups excluding carboxylic acids is 1. The maximum absolute atomic E-state index is 13.6. The number of hydrogen-bond acceptors (Lipinski definition) is 2. The van der Waals surface area contributed by atoms with Gasteiger partial charge in [0, 0.05) is 13.6 Å². The molecule has 0 bridgehead atoms. The van der Waals surface area contributed by atoms with Crippen molar-refractivity contribution in [2.24, 2.45) is 5.73 Å². The van der Waals surface area contributed by atoms with E-state index in [2.05, 4.69) is 5.32 Å². The highest BCUT2D eigenvalue weighted by atomic mass is 19.1. The van der Waals surface area contributed by atoms with Gasteiger partial charge < -0.3 is 16.0 Å². The maximum atomic E-state index is 13.6. The topological polar surface area (TPSA) is 58.4 Å². The van der Waals surface area contributed by atoms with Gasteiger partial charge in [0.25, 0.3) is 0 Å². The highest BCUT2D eigenvalue weighted by Crippen LogP contribution is 2.31. The van der Waals surface area contributed by atoms with Gasteiger partial charge in [0.15, 0.2) is 0 Å². The number of hydrogen-bond donors (Lipinski definition) is 2. The Bertz CT molecular complexity index is 484. The fourth-order valence-corrected chi connectivity index (χ4v) is 3.04. The third-order valence-corrected chi connectivity index (χ3v) is 4.55. The number of nitrogens with two attached hydrogens (primary N) is 1. The molecule has 0 spiro atoms. The van der Waals surface area contributed by atoms with E-state index < -0.39 is 5.82 Å². The van der Waals surface area contributed by atoms with Crippen LogP contribution in [-0.4, -0.2) is 30.1 Å². The lowest BCUT2D eigenvalue weighted by atomic mass is 9.89. The SMILES string of the molecule is CN(C(=O)Nc1ccccc1F)C1(CN)CCCCCC1. The van der Waals surface area contributed by atoms with Crippen molar-refractivity contribution in [2.45, 2.75) is 44.1 Å². The summed E-state index contributed by atoms with van der Waals surface area (Å²) in [7, 11) is 1.76. The van der Waals surface area contributed by atoms with Crippen LogP contribution in [0.25, 0.3) is 0 Å². The summed E-state index contributed by atoms with van der Waals surface area (Å²) in [6, 6.07) is 5.89. The molecule has 0 unspecified atom stereocenters. The summed E-state index contributed by atoms with van der Waals surface area (Å²) in [6.45, 7) is 0.439. The maximum Gasteiger partial charge on any atom is 0.322 e. The van der Waals surface area contributed by atoms with Crippen molar-refractivity contribution in [3.63, 3.8) is 0 Å². The monoisotopic (exact) mass is 293 g/mol. The van der Waals surface area contributed by atoms with E-state index in [0.717, 1.165) is 25.7 Å². The van der Waals surface area contributed by atoms with E-state index in [-0.39, 0.29) is 17.3 Å². The Hall–Kier alpha value is -1.62. The zero-order valence-corrected chi connectivity index (χ0v) is 12.6. The molecule has 2 amide bonds. The average molecular weight is 293 g/mol. The lowest BCUT2D eigenvalue weighted by Crippen LogP contribution is -2.55. The van der Waals surface area contributed by atoms with Gasteiger partial charge in [0.05, 0.1) is 11.2 Å². The predicted octanol–water partition coefficient (Wildman–Crippen LogP) is 3.34. The molecule has 116 valence electrons. The molecule has 0 aliphatic heterocycles. The van der Waals surface area contributed by atoms with E-state index in [1.165, 1.54) is 18.9 Å². The summed E-state index contributed by atoms with van der Waals surface area (Å²) < 4.78 is 13.6. The first-order valence-corrected chi connectivity index (χ1v) is 7.58. The minimum Gasteiger partial charge on any atom is -0.328 e. The van der Waals surface area contributed by atoms with Crippen molar-refractivity contribution >= 4 is 11.7 Å². The highest BCUT2D eigenvalue weighted by Gasteiger charge is 2.36. The summed E-state index contributed by atoms with van der Waals surface area (Å²) >= 11 is 0. The van der Waals surface area contributed by atoms with E-state index in [0.29, 0.717) is 6.54 Å². The molecule has 1 aliphatic carbocycles. The summed E-state index contributed by atoms with van der Waals surface area (Å²) in [4.78, 5) is 14.1. The number of nitrogens with one attached hydrogen (secondary N) is 1. The van der Waals surface area contributed by atoms with Gasteiger partial charge in [0.1, 0.15) is 5.82 Å². The Morgan fingerprint density at radius 3 is 2.48 bits per heavy atom. The van der Waals surface area contributed by atoms with Crippen LogP contribution in [-0.2, 0) is 0 Å². The second-order valence-corrected chi connectivity index (χ2v) is 5.81. The Morgan fingerprint density at radius 1 is 1.29 bits per heavy atom. The van der Waals surface area contributed by atoms with Crippen molar-refractivity contribution in [1.82, 2.24) is 4.90 Å². The van der Waals surface area contributed by atoms with Gasteiger partial charge in [0.2, 0.25) is 0 Å². The third-order valence-electron chi connectivity index (χ3n) is 4.55. The highest BCUT2D eigenvalue weighted by molar-refractivity contribution is 5.89. The second kappa shape index (κ2) is 6.89. The molecule has 5 heteroatoms. The van der Waals surface area contributed by atoms with Crippen molar-refractivity contribution in [3.05, 3.63) is 30.1 Å². The fraction of sp³-hybridized carbons (Fsp3) is 0.562. The minimum absolute atomic E-state index is 0.204. The van der Waals surface area contributed by atoms with E-state index in [4.69, 9.17) is 5.73 Å². The molecule has 3 N–H and O–H groups in total. The molecule has 1 aromatic rings. The molecular formula is C16H24FN3O. The van der Waals surface area contributed by atoms with Crippen LogP contribution in [0.1, 0.15) is 38.5 Å². The second-order valence-electron chi connectivity index (χ2n) is 5.81. The molecule has 0 atom stereocenters. The zero-order valence-electron chi connectivity index (χ0n) is 12.6. The van der Waals surface area contributed by atoms with Crippen LogP contribution < -0.4 is 11.1 Å². The van der Waals surface area contributed by atoms with Gasteiger partial charge in [-0.2, -0.15) is 0 Å². The summed E-state index contributed by atoms with van der Waals surface area (Å²) in [6.07, 6.45) is 6.34. The van der Waals surface area contributed by atoms with Gasteiger partial charge in [-0.3, -0.25) is 0 Å². The molecule has 0 saturated heterocycles. The summed E-state index contributed by atoms with van der Waals surface area (Å²) in [5.41, 5.74) is 5.86. The van der Waals surface area contributed by atoms with Crippen LogP contribution in [0.2, 0.25) is 0 Å². The lowest BCUT2D eigenvalue weighted by Gasteiger charge is -2.40. The van der Waals surface area contributed by atoms with Crippen molar-refractivity contribution in [1.29, 1.82) is 0 Å². The first-order chi connectivity index (χ1) is 10.1. The van der Waals surface area contributed by atoms with Gasteiger partial charge in [-0.05, 0) is 25.0 Å². The average Bonchev–Trinajstić information content (AvgIpc) is 2.75. The molecule has 21 heavy (non-hydrogen) atoms. The first-order valence-electron chi connectivity index (χ1n) is 7.58. The number of anilines is 1. The number of benzene rings is 1. The quantitative estimate of drug-likeness (QED) is 0.840. The molecule has 0 heterocycles. The van der Waals surface area contributed by atoms with Crippen molar-refractivity contribution in [2.75, 3.05) is 18.9 Å². The number of nitrogens with zero attached hydrogens (tertiary/aromatic N) is 1. The van der Waals surface area contributed by atoms with Gasteiger partial charge >= 0.3 is 6.03 Å². The van der Waals surface area contributed by atoms with Crippen molar-refractivity contribution in [3.8, 4) is 0 Å². The molecule has 0 aromatic heterocycles. The first kappa shape index (κ1) is 15.8. The van der Waals surface area contributed by atoms with Gasteiger partial charge in [-0.1, -0.05) is 37.8 Å². The third kappa shape index (κ3) is 3.53. The molecule has 1 fully saturated rings. The standard InChI is InChI=1S/C16H24FN3O/c1-20(16(12-18)10-6-2-3-7-11-16)15(21)19-14-9-5-4-8-13(14)17/h4-5,8-9H,2-3,6-7,10-12,18H2,1H3,(H,19,21). The van der Waals surface area contributed by atoms with Gasteiger partial charge in [-0.15, -0.1) is 0 Å². The van der Waals surface area contributed by atoms with Crippen LogP contribution in [0.15, 0.2) is 24.3 Å². The van der Waals surface area contributed by atoms with E-state index >= 15 is 0 Å². The summed E-state index contributed by atoms with van der Waals surface area (Å²) in [5.74, 6) is -0.429. The number of carbonyl (C=O) groups is 1. The largest absolute Gasteiger partial charge is 0.328 e. The fourth-order valence-electron chi connectivity index (χ4n) is 3.04. The Kier molecular flexibility index (Phi) is 5.17. The Labute approximate surface area is 125 Å². The number of halogens is 1. The molecule has 2 rings (SSSR count). The molecule has 0 radical (unpaired) electrons. The minimum atomic E-state index is -0.429. The van der Waals surface area contributed by atoms with E-state index in [9.17, 15) is 9.18 Å². The van der Waals surface area contributed by atoms with Crippen LogP contribution in [0.4, 0.5) is 14.9 Å².